The first-order valence-corrected chi connectivity index (χ1v) is 9.14. The Labute approximate surface area is 162 Å². The van der Waals surface area contributed by atoms with E-state index in [1.54, 1.807) is 6.07 Å². The van der Waals surface area contributed by atoms with E-state index in [0.29, 0.717) is 12.4 Å². The maximum Gasteiger partial charge on any atom is 0.277 e. The number of carbonyl (C=O) groups is 1. The van der Waals surface area contributed by atoms with Crippen LogP contribution in [0.5, 0.6) is 0 Å². The third kappa shape index (κ3) is 4.72. The van der Waals surface area contributed by atoms with E-state index in [9.17, 15) is 9.59 Å². The number of aromatic nitrogens is 4. The molecular formula is C20H23N5O3. The third-order valence-electron chi connectivity index (χ3n) is 4.23. The number of aryl methyl sites for hydroxylation is 1. The lowest BCUT2D eigenvalue weighted by Gasteiger charge is -2.06. The summed E-state index contributed by atoms with van der Waals surface area (Å²) in [5, 5.41) is 13.8. The SMILES string of the molecule is CCCc1ccc(-c2cc(NC(=O)c3ccc(=O)n(CCOC)n3)n[nH]2)cc1. The molecule has 146 valence electrons. The zero-order valence-corrected chi connectivity index (χ0v) is 15.9. The van der Waals surface area contributed by atoms with Gasteiger partial charge in [0.1, 0.15) is 5.69 Å². The smallest absolute Gasteiger partial charge is 0.277 e. The molecular weight excluding hydrogens is 358 g/mol. The second-order valence-corrected chi connectivity index (χ2v) is 6.34. The molecule has 0 aliphatic carbocycles. The molecule has 0 saturated heterocycles. The quantitative estimate of drug-likeness (QED) is 0.624. The predicted molar refractivity (Wildman–Crippen MR) is 106 cm³/mol. The van der Waals surface area contributed by atoms with Gasteiger partial charge in [0.2, 0.25) is 0 Å². The highest BCUT2D eigenvalue weighted by atomic mass is 16.5. The van der Waals surface area contributed by atoms with Crippen molar-refractivity contribution in [1.29, 1.82) is 0 Å². The molecule has 8 nitrogen and oxygen atoms in total. The highest BCUT2D eigenvalue weighted by Crippen LogP contribution is 2.21. The normalized spacial score (nSPS) is 10.8. The number of ether oxygens (including phenoxy) is 1. The molecule has 0 aliphatic rings. The number of rotatable bonds is 8. The molecule has 0 bridgehead atoms. The molecule has 2 aromatic heterocycles. The molecule has 0 saturated carbocycles. The Morgan fingerprint density at radius 3 is 2.71 bits per heavy atom. The number of nitrogens with one attached hydrogen (secondary N) is 2. The number of hydrogen-bond donors (Lipinski definition) is 2. The van der Waals surface area contributed by atoms with Gasteiger partial charge in [-0.05, 0) is 23.6 Å². The number of carbonyl (C=O) groups excluding carboxylic acids is 1. The van der Waals surface area contributed by atoms with Crippen LogP contribution in [0, 0.1) is 0 Å². The minimum Gasteiger partial charge on any atom is -0.383 e. The lowest BCUT2D eigenvalue weighted by Crippen LogP contribution is -2.27. The molecule has 1 amide bonds. The zero-order chi connectivity index (χ0) is 19.9. The van der Waals surface area contributed by atoms with Crippen molar-refractivity contribution < 1.29 is 9.53 Å². The van der Waals surface area contributed by atoms with Crippen molar-refractivity contribution in [2.24, 2.45) is 0 Å². The van der Waals surface area contributed by atoms with E-state index < -0.39 is 5.91 Å². The number of hydrogen-bond acceptors (Lipinski definition) is 5. The number of amides is 1. The predicted octanol–water partition coefficient (Wildman–Crippen LogP) is 2.48. The van der Waals surface area contributed by atoms with Gasteiger partial charge in [0.05, 0.1) is 18.8 Å². The van der Waals surface area contributed by atoms with Crippen molar-refractivity contribution in [1.82, 2.24) is 20.0 Å². The standard InChI is InChI=1S/C20H23N5O3/c1-3-4-14-5-7-15(8-6-14)17-13-18(23-22-17)21-20(27)16-9-10-19(26)25(24-16)11-12-28-2/h5-10,13H,3-4,11-12H2,1-2H3,(H2,21,22,23,27). The Morgan fingerprint density at radius 2 is 2.00 bits per heavy atom. The second-order valence-electron chi connectivity index (χ2n) is 6.34. The van der Waals surface area contributed by atoms with Crippen molar-refractivity contribution in [3.8, 4) is 11.3 Å². The van der Waals surface area contributed by atoms with Gasteiger partial charge in [0.25, 0.3) is 11.5 Å². The van der Waals surface area contributed by atoms with Crippen molar-refractivity contribution in [3.05, 3.63) is 64.1 Å². The maximum atomic E-state index is 12.4. The summed E-state index contributed by atoms with van der Waals surface area (Å²) in [5.41, 5.74) is 2.91. The first-order chi connectivity index (χ1) is 13.6. The Morgan fingerprint density at radius 1 is 1.21 bits per heavy atom. The van der Waals surface area contributed by atoms with Gasteiger partial charge in [-0.3, -0.25) is 14.7 Å². The van der Waals surface area contributed by atoms with E-state index in [4.69, 9.17) is 4.74 Å². The number of nitrogens with zero attached hydrogens (tertiary/aromatic N) is 3. The van der Waals surface area contributed by atoms with E-state index in [-0.39, 0.29) is 17.8 Å². The van der Waals surface area contributed by atoms with Crippen molar-refractivity contribution in [3.63, 3.8) is 0 Å². The molecule has 28 heavy (non-hydrogen) atoms. The third-order valence-corrected chi connectivity index (χ3v) is 4.23. The van der Waals surface area contributed by atoms with Crippen LogP contribution in [-0.4, -0.2) is 39.6 Å². The van der Waals surface area contributed by atoms with Crippen LogP contribution in [0.4, 0.5) is 5.82 Å². The summed E-state index contributed by atoms with van der Waals surface area (Å²) in [6.07, 6.45) is 2.15. The first-order valence-electron chi connectivity index (χ1n) is 9.14. The van der Waals surface area contributed by atoms with Crippen LogP contribution in [0.25, 0.3) is 11.3 Å². The summed E-state index contributed by atoms with van der Waals surface area (Å²) in [6.45, 7) is 2.76. The minimum atomic E-state index is -0.442. The van der Waals surface area contributed by atoms with Crippen LogP contribution in [0.3, 0.4) is 0 Å². The maximum absolute atomic E-state index is 12.4. The van der Waals surface area contributed by atoms with Gasteiger partial charge in [-0.25, -0.2) is 4.68 Å². The van der Waals surface area contributed by atoms with Gasteiger partial charge in [-0.15, -0.1) is 0 Å². The average molecular weight is 381 g/mol. The van der Waals surface area contributed by atoms with Crippen LogP contribution < -0.4 is 10.9 Å². The molecule has 3 rings (SSSR count). The highest BCUT2D eigenvalue weighted by Gasteiger charge is 2.12. The summed E-state index contributed by atoms with van der Waals surface area (Å²) >= 11 is 0. The van der Waals surface area contributed by atoms with E-state index in [1.165, 1.54) is 29.5 Å². The molecule has 0 aliphatic heterocycles. The molecule has 0 unspecified atom stereocenters. The average Bonchev–Trinajstić information content (AvgIpc) is 3.16. The fourth-order valence-corrected chi connectivity index (χ4v) is 2.76. The molecule has 2 N–H and O–H groups in total. The molecule has 0 atom stereocenters. The molecule has 0 radical (unpaired) electrons. The Bertz CT molecular complexity index is 992. The Kier molecular flexibility index (Phi) is 6.33. The van der Waals surface area contributed by atoms with Gasteiger partial charge in [0.15, 0.2) is 5.82 Å². The van der Waals surface area contributed by atoms with Crippen LogP contribution in [0.2, 0.25) is 0 Å². The van der Waals surface area contributed by atoms with Crippen molar-refractivity contribution in [2.45, 2.75) is 26.3 Å². The lowest BCUT2D eigenvalue weighted by atomic mass is 10.1. The van der Waals surface area contributed by atoms with Crippen LogP contribution in [0.15, 0.2) is 47.3 Å². The number of methoxy groups -OCH3 is 1. The Hall–Kier alpha value is -3.26. The fraction of sp³-hybridized carbons (Fsp3) is 0.300. The van der Waals surface area contributed by atoms with E-state index in [2.05, 4.69) is 39.7 Å². The van der Waals surface area contributed by atoms with Gasteiger partial charge < -0.3 is 10.1 Å². The van der Waals surface area contributed by atoms with Crippen molar-refractivity contribution in [2.75, 3.05) is 19.0 Å². The van der Waals surface area contributed by atoms with E-state index in [0.717, 1.165) is 24.1 Å². The van der Waals surface area contributed by atoms with E-state index in [1.807, 2.05) is 12.1 Å². The Balaban J connectivity index is 1.71. The van der Waals surface area contributed by atoms with Crippen molar-refractivity contribution >= 4 is 11.7 Å². The minimum absolute atomic E-state index is 0.129. The van der Waals surface area contributed by atoms with Gasteiger partial charge >= 0.3 is 0 Å². The molecule has 1 aromatic carbocycles. The molecule has 8 heteroatoms. The molecule has 2 heterocycles. The summed E-state index contributed by atoms with van der Waals surface area (Å²) in [6, 6.07) is 12.7. The number of anilines is 1. The van der Waals surface area contributed by atoms with Gasteiger partial charge in [-0.1, -0.05) is 37.6 Å². The van der Waals surface area contributed by atoms with Gasteiger partial charge in [0, 0.05) is 19.2 Å². The summed E-state index contributed by atoms with van der Waals surface area (Å²) < 4.78 is 6.15. The van der Waals surface area contributed by atoms with Crippen LogP contribution in [-0.2, 0) is 17.7 Å². The molecule has 3 aromatic rings. The molecule has 0 spiro atoms. The lowest BCUT2D eigenvalue weighted by molar-refractivity contribution is 0.101. The number of benzene rings is 1. The zero-order valence-electron chi connectivity index (χ0n) is 15.9. The fourth-order valence-electron chi connectivity index (χ4n) is 2.76. The summed E-state index contributed by atoms with van der Waals surface area (Å²) in [5.74, 6) is -0.0587. The highest BCUT2D eigenvalue weighted by molar-refractivity contribution is 6.02. The number of aromatic amines is 1. The molecule has 0 fully saturated rings. The van der Waals surface area contributed by atoms with Gasteiger partial charge in [-0.2, -0.15) is 10.2 Å². The van der Waals surface area contributed by atoms with E-state index >= 15 is 0 Å². The van der Waals surface area contributed by atoms with Crippen LogP contribution >= 0.6 is 0 Å². The largest absolute Gasteiger partial charge is 0.383 e. The summed E-state index contributed by atoms with van der Waals surface area (Å²) in [7, 11) is 1.54. The van der Waals surface area contributed by atoms with Crippen LogP contribution in [0.1, 0.15) is 29.4 Å². The summed E-state index contributed by atoms with van der Waals surface area (Å²) in [4.78, 5) is 24.2. The monoisotopic (exact) mass is 381 g/mol. The second kappa shape index (κ2) is 9.09. The first kappa shape index (κ1) is 19.5. The number of H-pyrrole nitrogens is 1. The topological polar surface area (TPSA) is 102 Å².